The van der Waals surface area contributed by atoms with E-state index >= 15 is 0 Å². The molecule has 3 N–H and O–H groups in total. The topological polar surface area (TPSA) is 72.2 Å². The van der Waals surface area contributed by atoms with Gasteiger partial charge in [0.15, 0.2) is 0 Å². The Labute approximate surface area is 166 Å². The molecule has 1 aromatic heterocycles. The predicted octanol–water partition coefficient (Wildman–Crippen LogP) is 5.31. The first kappa shape index (κ1) is 19.2. The van der Waals surface area contributed by atoms with Crippen molar-refractivity contribution in [2.24, 2.45) is 11.7 Å². The first-order valence-electron chi connectivity index (χ1n) is 8.61. The standard InChI is InChI=1S/C19H20Cl2N2O2S/c1-2-3-10-4-6-13-15(8-10)26-19(16(13)17(22)24)23-18(25)12-7-5-11(20)9-14(12)21/h5,7,9-10H,2-4,6,8H2,1H3,(H2,22,24)(H,23,25). The highest BCUT2D eigenvalue weighted by Gasteiger charge is 2.28. The number of primary amides is 1. The molecule has 1 atom stereocenters. The predicted molar refractivity (Wildman–Crippen MR) is 108 cm³/mol. The largest absolute Gasteiger partial charge is 0.365 e. The number of hydrogen-bond donors (Lipinski definition) is 2. The summed E-state index contributed by atoms with van der Waals surface area (Å²) in [5, 5.41) is 4.05. The molecule has 138 valence electrons. The number of hydrogen-bond acceptors (Lipinski definition) is 3. The third-order valence-corrected chi connectivity index (χ3v) is 6.43. The van der Waals surface area contributed by atoms with Crippen molar-refractivity contribution in [2.75, 3.05) is 5.32 Å². The second-order valence-electron chi connectivity index (χ2n) is 6.55. The molecule has 4 nitrogen and oxygen atoms in total. The summed E-state index contributed by atoms with van der Waals surface area (Å²) in [6.07, 6.45) is 5.13. The lowest BCUT2D eigenvalue weighted by atomic mass is 9.84. The fourth-order valence-electron chi connectivity index (χ4n) is 3.50. The maximum Gasteiger partial charge on any atom is 0.257 e. The Kier molecular flexibility index (Phi) is 5.90. The molecule has 0 aliphatic heterocycles. The number of carbonyl (C=O) groups excluding carboxylic acids is 2. The average molecular weight is 411 g/mol. The van der Waals surface area contributed by atoms with E-state index in [-0.39, 0.29) is 10.9 Å². The molecule has 0 saturated carbocycles. The van der Waals surface area contributed by atoms with Crippen LogP contribution in [0.1, 0.15) is 57.3 Å². The lowest BCUT2D eigenvalue weighted by molar-refractivity contribution is 0.1000. The van der Waals surface area contributed by atoms with Gasteiger partial charge in [-0.1, -0.05) is 43.0 Å². The van der Waals surface area contributed by atoms with Crippen LogP contribution >= 0.6 is 34.5 Å². The van der Waals surface area contributed by atoms with Crippen molar-refractivity contribution in [1.82, 2.24) is 0 Å². The Morgan fingerprint density at radius 3 is 2.77 bits per heavy atom. The zero-order valence-electron chi connectivity index (χ0n) is 14.4. The fraction of sp³-hybridized carbons (Fsp3) is 0.368. The van der Waals surface area contributed by atoms with Gasteiger partial charge in [0, 0.05) is 9.90 Å². The molecule has 2 amide bonds. The van der Waals surface area contributed by atoms with Crippen LogP contribution in [0.25, 0.3) is 0 Å². The van der Waals surface area contributed by atoms with Crippen LogP contribution < -0.4 is 11.1 Å². The summed E-state index contributed by atoms with van der Waals surface area (Å²) < 4.78 is 0. The molecule has 1 aliphatic carbocycles. The van der Waals surface area contributed by atoms with Crippen LogP contribution in [0, 0.1) is 5.92 Å². The van der Waals surface area contributed by atoms with Crippen LogP contribution in [0.15, 0.2) is 18.2 Å². The summed E-state index contributed by atoms with van der Waals surface area (Å²) in [7, 11) is 0. The molecule has 1 aromatic carbocycles. The number of rotatable bonds is 5. The van der Waals surface area contributed by atoms with Gasteiger partial charge in [-0.15, -0.1) is 11.3 Å². The van der Waals surface area contributed by atoms with Crippen molar-refractivity contribution in [1.29, 1.82) is 0 Å². The minimum atomic E-state index is -0.506. The number of fused-ring (bicyclic) bond motifs is 1. The van der Waals surface area contributed by atoms with E-state index in [4.69, 9.17) is 28.9 Å². The van der Waals surface area contributed by atoms with Crippen molar-refractivity contribution < 1.29 is 9.59 Å². The van der Waals surface area contributed by atoms with Crippen LogP contribution in [0.3, 0.4) is 0 Å². The summed E-state index contributed by atoms with van der Waals surface area (Å²) >= 11 is 13.4. The van der Waals surface area contributed by atoms with Crippen molar-refractivity contribution in [2.45, 2.75) is 39.0 Å². The fourth-order valence-corrected chi connectivity index (χ4v) is 5.36. The van der Waals surface area contributed by atoms with Crippen molar-refractivity contribution in [3.8, 4) is 0 Å². The molecule has 0 saturated heterocycles. The van der Waals surface area contributed by atoms with Crippen LogP contribution in [0.2, 0.25) is 10.0 Å². The number of carbonyl (C=O) groups is 2. The highest BCUT2D eigenvalue weighted by atomic mass is 35.5. The lowest BCUT2D eigenvalue weighted by Crippen LogP contribution is -2.20. The van der Waals surface area contributed by atoms with E-state index in [1.54, 1.807) is 12.1 Å². The minimum Gasteiger partial charge on any atom is -0.365 e. The smallest absolute Gasteiger partial charge is 0.257 e. The normalized spacial score (nSPS) is 16.2. The van der Waals surface area contributed by atoms with Crippen LogP contribution in [0.4, 0.5) is 5.00 Å². The number of anilines is 1. The summed E-state index contributed by atoms with van der Waals surface area (Å²) in [6, 6.07) is 4.68. The van der Waals surface area contributed by atoms with Gasteiger partial charge in [0.1, 0.15) is 5.00 Å². The van der Waals surface area contributed by atoms with Gasteiger partial charge in [-0.2, -0.15) is 0 Å². The van der Waals surface area contributed by atoms with E-state index in [0.29, 0.717) is 27.1 Å². The summed E-state index contributed by atoms with van der Waals surface area (Å²) in [4.78, 5) is 25.8. The van der Waals surface area contributed by atoms with Gasteiger partial charge < -0.3 is 11.1 Å². The Balaban J connectivity index is 1.90. The zero-order chi connectivity index (χ0) is 18.8. The zero-order valence-corrected chi connectivity index (χ0v) is 16.7. The Morgan fingerprint density at radius 1 is 1.35 bits per heavy atom. The molecule has 7 heteroatoms. The quantitative estimate of drug-likeness (QED) is 0.700. The molecule has 1 unspecified atom stereocenters. The summed E-state index contributed by atoms with van der Waals surface area (Å²) in [5.41, 5.74) is 7.36. The molecule has 26 heavy (non-hydrogen) atoms. The molecule has 0 spiro atoms. The summed E-state index contributed by atoms with van der Waals surface area (Å²) in [6.45, 7) is 2.18. The third-order valence-electron chi connectivity index (χ3n) is 4.71. The average Bonchev–Trinajstić information content (AvgIpc) is 2.92. The van der Waals surface area contributed by atoms with Crippen LogP contribution in [0.5, 0.6) is 0 Å². The number of halogens is 2. The second-order valence-corrected chi connectivity index (χ2v) is 8.50. The van der Waals surface area contributed by atoms with E-state index < -0.39 is 5.91 Å². The number of nitrogens with two attached hydrogens (primary N) is 1. The number of amides is 2. The first-order valence-corrected chi connectivity index (χ1v) is 10.2. The molecule has 1 aliphatic rings. The van der Waals surface area contributed by atoms with E-state index in [9.17, 15) is 9.59 Å². The van der Waals surface area contributed by atoms with Crippen LogP contribution in [-0.4, -0.2) is 11.8 Å². The molecule has 0 fully saturated rings. The lowest BCUT2D eigenvalue weighted by Gasteiger charge is -2.21. The molecular formula is C19H20Cl2N2O2S. The molecular weight excluding hydrogens is 391 g/mol. The van der Waals surface area contributed by atoms with E-state index in [1.807, 2.05) is 0 Å². The van der Waals surface area contributed by atoms with E-state index in [1.165, 1.54) is 23.8 Å². The minimum absolute atomic E-state index is 0.264. The first-order chi connectivity index (χ1) is 12.4. The SMILES string of the molecule is CCCC1CCc2c(sc(NC(=O)c3ccc(Cl)cc3Cl)c2C(N)=O)C1. The van der Waals surface area contributed by atoms with E-state index in [2.05, 4.69) is 12.2 Å². The van der Waals surface area contributed by atoms with Gasteiger partial charge >= 0.3 is 0 Å². The van der Waals surface area contributed by atoms with Gasteiger partial charge in [-0.05, 0) is 48.9 Å². The monoisotopic (exact) mass is 410 g/mol. The molecule has 1 heterocycles. The van der Waals surface area contributed by atoms with Gasteiger partial charge in [-0.3, -0.25) is 9.59 Å². The number of nitrogens with one attached hydrogen (secondary N) is 1. The molecule has 3 rings (SSSR count). The highest BCUT2D eigenvalue weighted by molar-refractivity contribution is 7.17. The molecule has 0 bridgehead atoms. The Morgan fingerprint density at radius 2 is 2.12 bits per heavy atom. The maximum atomic E-state index is 12.6. The highest BCUT2D eigenvalue weighted by Crippen LogP contribution is 2.40. The summed E-state index contributed by atoms with van der Waals surface area (Å²) in [5.74, 6) is -0.257. The van der Waals surface area contributed by atoms with Gasteiger partial charge in [0.2, 0.25) is 0 Å². The second kappa shape index (κ2) is 7.99. The van der Waals surface area contributed by atoms with Gasteiger partial charge in [0.25, 0.3) is 11.8 Å². The van der Waals surface area contributed by atoms with Gasteiger partial charge in [0.05, 0.1) is 16.1 Å². The number of thiophene rings is 1. The maximum absolute atomic E-state index is 12.6. The van der Waals surface area contributed by atoms with Crippen LogP contribution in [-0.2, 0) is 12.8 Å². The Bertz CT molecular complexity index is 863. The molecule has 0 radical (unpaired) electrons. The number of benzene rings is 1. The Hall–Kier alpha value is -1.56. The van der Waals surface area contributed by atoms with Crippen molar-refractivity contribution >= 4 is 51.4 Å². The van der Waals surface area contributed by atoms with E-state index in [0.717, 1.165) is 36.1 Å². The van der Waals surface area contributed by atoms with Gasteiger partial charge in [-0.25, -0.2) is 0 Å². The third kappa shape index (κ3) is 3.90. The molecule has 2 aromatic rings. The van der Waals surface area contributed by atoms with Crippen molar-refractivity contribution in [3.63, 3.8) is 0 Å². The van der Waals surface area contributed by atoms with Crippen molar-refractivity contribution in [3.05, 3.63) is 49.8 Å².